The molecule has 0 fully saturated rings. The van der Waals surface area contributed by atoms with Gasteiger partial charge in [-0.2, -0.15) is 4.73 Å². The van der Waals surface area contributed by atoms with Crippen LogP contribution in [0.5, 0.6) is 5.75 Å². The lowest BCUT2D eigenvalue weighted by molar-refractivity contribution is -0.577. The Kier molecular flexibility index (Phi) is 4.78. The van der Waals surface area contributed by atoms with Crippen molar-refractivity contribution in [2.75, 3.05) is 13.2 Å². The van der Waals surface area contributed by atoms with Gasteiger partial charge < -0.3 is 14.7 Å². The second kappa shape index (κ2) is 7.36. The highest BCUT2D eigenvalue weighted by atomic mass is 35.5. The highest BCUT2D eigenvalue weighted by Crippen LogP contribution is 2.33. The van der Waals surface area contributed by atoms with Crippen LogP contribution in [0.15, 0.2) is 60.8 Å². The molecule has 3 aromatic rings. The topological polar surface area (TPSA) is 45.4 Å². The molecular formula is C21H18ClNO3. The summed E-state index contributed by atoms with van der Waals surface area (Å²) in [5.74, 6) is 0.639. The third-order valence-corrected chi connectivity index (χ3v) is 4.89. The van der Waals surface area contributed by atoms with E-state index in [-0.39, 0.29) is 0 Å². The quantitative estimate of drug-likeness (QED) is 0.503. The number of hydrogen-bond donors (Lipinski definition) is 0. The van der Waals surface area contributed by atoms with Crippen molar-refractivity contribution in [2.24, 2.45) is 0 Å². The van der Waals surface area contributed by atoms with Crippen molar-refractivity contribution in [2.45, 2.75) is 13.0 Å². The van der Waals surface area contributed by atoms with E-state index in [4.69, 9.17) is 21.1 Å². The summed E-state index contributed by atoms with van der Waals surface area (Å²) >= 11 is 6.60. The lowest BCUT2D eigenvalue weighted by Gasteiger charge is -2.16. The van der Waals surface area contributed by atoms with E-state index in [0.717, 1.165) is 33.2 Å². The van der Waals surface area contributed by atoms with Crippen molar-refractivity contribution in [1.82, 2.24) is 0 Å². The number of fused-ring (bicyclic) bond motifs is 1. The average Bonchev–Trinajstić information content (AvgIpc) is 2.70. The highest BCUT2D eigenvalue weighted by Gasteiger charge is 2.19. The number of aromatic nitrogens is 1. The van der Waals surface area contributed by atoms with Gasteiger partial charge in [0.15, 0.2) is 6.20 Å². The molecule has 1 aliphatic rings. The van der Waals surface area contributed by atoms with E-state index in [1.807, 2.05) is 48.5 Å². The van der Waals surface area contributed by atoms with Gasteiger partial charge in [-0.15, -0.1) is 0 Å². The van der Waals surface area contributed by atoms with Crippen molar-refractivity contribution < 1.29 is 14.2 Å². The summed E-state index contributed by atoms with van der Waals surface area (Å²) in [6, 6.07) is 15.3. The molecule has 26 heavy (non-hydrogen) atoms. The van der Waals surface area contributed by atoms with Crippen LogP contribution in [-0.2, 0) is 11.3 Å². The molecule has 0 saturated carbocycles. The molecule has 1 aliphatic heterocycles. The molecule has 1 aromatic heterocycles. The van der Waals surface area contributed by atoms with E-state index in [1.165, 1.54) is 0 Å². The summed E-state index contributed by atoms with van der Waals surface area (Å²) < 4.78 is 12.0. The average molecular weight is 368 g/mol. The zero-order valence-electron chi connectivity index (χ0n) is 14.2. The van der Waals surface area contributed by atoms with E-state index in [0.29, 0.717) is 36.1 Å². The van der Waals surface area contributed by atoms with Gasteiger partial charge in [0.1, 0.15) is 12.4 Å². The van der Waals surface area contributed by atoms with Crippen LogP contribution in [-0.4, -0.2) is 13.2 Å². The van der Waals surface area contributed by atoms with Gasteiger partial charge in [-0.25, -0.2) is 0 Å². The zero-order valence-corrected chi connectivity index (χ0v) is 14.9. The lowest BCUT2D eigenvalue weighted by atomic mass is 10.0. The molecule has 0 unspecified atom stereocenters. The van der Waals surface area contributed by atoms with Crippen molar-refractivity contribution in [3.63, 3.8) is 0 Å². The normalized spacial score (nSPS) is 14.3. The lowest BCUT2D eigenvalue weighted by Crippen LogP contribution is -2.27. The number of benzene rings is 2. The number of ether oxygens (including phenoxy) is 2. The van der Waals surface area contributed by atoms with Gasteiger partial charge in [0.05, 0.1) is 35.3 Å². The maximum absolute atomic E-state index is 12.6. The zero-order chi connectivity index (χ0) is 17.9. The summed E-state index contributed by atoms with van der Waals surface area (Å²) in [4.78, 5) is 0. The molecule has 0 aliphatic carbocycles. The molecule has 2 aromatic carbocycles. The van der Waals surface area contributed by atoms with Gasteiger partial charge in [-0.05, 0) is 29.7 Å². The largest absolute Gasteiger partial charge is 0.618 e. The van der Waals surface area contributed by atoms with Crippen LogP contribution in [0.25, 0.3) is 16.5 Å². The summed E-state index contributed by atoms with van der Waals surface area (Å²) in [5, 5.41) is 13.9. The first-order valence-corrected chi connectivity index (χ1v) is 8.89. The molecule has 4 nitrogen and oxygen atoms in total. The number of pyridine rings is 1. The second-order valence-electron chi connectivity index (χ2n) is 6.19. The predicted molar refractivity (Wildman–Crippen MR) is 102 cm³/mol. The Morgan fingerprint density at radius 2 is 2.00 bits per heavy atom. The fraction of sp³-hybridized carbons (Fsp3) is 0.190. The Balaban J connectivity index is 1.66. The molecule has 132 valence electrons. The van der Waals surface area contributed by atoms with Gasteiger partial charge >= 0.3 is 0 Å². The molecule has 0 amide bonds. The Morgan fingerprint density at radius 3 is 2.77 bits per heavy atom. The van der Waals surface area contributed by atoms with Gasteiger partial charge in [0.2, 0.25) is 5.52 Å². The monoisotopic (exact) mass is 367 g/mol. The van der Waals surface area contributed by atoms with Crippen LogP contribution in [0.3, 0.4) is 0 Å². The van der Waals surface area contributed by atoms with Crippen molar-refractivity contribution in [3.05, 3.63) is 82.2 Å². The van der Waals surface area contributed by atoms with E-state index >= 15 is 0 Å². The van der Waals surface area contributed by atoms with Gasteiger partial charge in [-0.3, -0.25) is 0 Å². The molecule has 0 bridgehead atoms. The Bertz CT molecular complexity index is 970. The van der Waals surface area contributed by atoms with Crippen molar-refractivity contribution >= 4 is 28.1 Å². The minimum absolute atomic E-state index is 0.448. The Morgan fingerprint density at radius 1 is 1.15 bits per heavy atom. The van der Waals surface area contributed by atoms with Crippen molar-refractivity contribution in [3.8, 4) is 5.75 Å². The molecule has 0 N–H and O–H groups in total. The van der Waals surface area contributed by atoms with Crippen LogP contribution in [0.4, 0.5) is 0 Å². The van der Waals surface area contributed by atoms with Crippen LogP contribution in [0.2, 0.25) is 5.02 Å². The fourth-order valence-corrected chi connectivity index (χ4v) is 3.42. The summed E-state index contributed by atoms with van der Waals surface area (Å²) in [6.45, 7) is 1.64. The Labute approximate surface area is 156 Å². The molecule has 4 rings (SSSR count). The van der Waals surface area contributed by atoms with E-state index in [1.54, 1.807) is 12.3 Å². The summed E-state index contributed by atoms with van der Waals surface area (Å²) in [6.07, 6.45) is 4.28. The highest BCUT2D eigenvalue weighted by molar-refractivity contribution is 6.36. The van der Waals surface area contributed by atoms with Crippen LogP contribution in [0.1, 0.15) is 17.5 Å². The molecule has 2 heterocycles. The maximum Gasteiger partial charge on any atom is 0.229 e. The van der Waals surface area contributed by atoms with E-state index in [9.17, 15) is 5.21 Å². The standard InChI is InChI=1S/C21H18ClNO3/c22-21-18-7-6-17(26-14-15-4-2-1-3-5-15)12-20(18)23(24)13-19(21)16-8-10-25-11-9-16/h1-8,12-13H,9-11,14H2. The SMILES string of the molecule is [O-][n+]1cc(C2=CCOCC2)c(Cl)c2ccc(OCc3ccccc3)cc21. The smallest absolute Gasteiger partial charge is 0.229 e. The van der Waals surface area contributed by atoms with Crippen LogP contribution in [0, 0.1) is 5.21 Å². The maximum atomic E-state index is 12.6. The number of nitrogens with zero attached hydrogens (tertiary/aromatic N) is 1. The summed E-state index contributed by atoms with van der Waals surface area (Å²) in [5.41, 5.74) is 3.40. The first kappa shape index (κ1) is 16.9. The first-order chi connectivity index (χ1) is 12.7. The molecule has 0 radical (unpaired) electrons. The number of halogens is 1. The third kappa shape index (κ3) is 3.39. The minimum atomic E-state index is 0.448. The van der Waals surface area contributed by atoms with Crippen molar-refractivity contribution in [1.29, 1.82) is 0 Å². The van der Waals surface area contributed by atoms with Gasteiger partial charge in [-0.1, -0.05) is 48.0 Å². The summed E-state index contributed by atoms with van der Waals surface area (Å²) in [7, 11) is 0. The number of rotatable bonds is 4. The third-order valence-electron chi connectivity index (χ3n) is 4.48. The fourth-order valence-electron chi connectivity index (χ4n) is 3.09. The van der Waals surface area contributed by atoms with Gasteiger partial charge in [0.25, 0.3) is 0 Å². The van der Waals surface area contributed by atoms with E-state index < -0.39 is 0 Å². The molecule has 0 atom stereocenters. The minimum Gasteiger partial charge on any atom is -0.618 e. The predicted octanol–water partition coefficient (Wildman–Crippen LogP) is 4.51. The molecule has 0 spiro atoms. The molecule has 5 heteroatoms. The second-order valence-corrected chi connectivity index (χ2v) is 6.57. The van der Waals surface area contributed by atoms with Gasteiger partial charge in [0, 0.05) is 0 Å². The van der Waals surface area contributed by atoms with Crippen LogP contribution >= 0.6 is 11.6 Å². The Hall–Kier alpha value is -2.56. The van der Waals surface area contributed by atoms with Crippen LogP contribution < -0.4 is 9.47 Å². The first-order valence-electron chi connectivity index (χ1n) is 8.51. The number of hydrogen-bond acceptors (Lipinski definition) is 3. The molecule has 0 saturated heterocycles. The van der Waals surface area contributed by atoms with E-state index in [2.05, 4.69) is 0 Å². The molecular weight excluding hydrogens is 350 g/mol.